The minimum absolute atomic E-state index is 0.115. The summed E-state index contributed by atoms with van der Waals surface area (Å²) in [5, 5.41) is 11.7. The van der Waals surface area contributed by atoms with Crippen molar-refractivity contribution in [2.24, 2.45) is 0 Å². The molecule has 0 saturated heterocycles. The molecule has 1 amide bonds. The molecule has 2 rings (SSSR count). The Kier molecular flexibility index (Phi) is 6.18. The number of aromatic carboxylic acids is 1. The second-order valence-corrected chi connectivity index (χ2v) is 6.33. The summed E-state index contributed by atoms with van der Waals surface area (Å²) >= 11 is 6.48. The molecule has 0 aliphatic heterocycles. The fourth-order valence-electron chi connectivity index (χ4n) is 1.81. The van der Waals surface area contributed by atoms with Gasteiger partial charge in [0.25, 0.3) is 5.91 Å². The highest BCUT2D eigenvalue weighted by molar-refractivity contribution is 9.11. The van der Waals surface area contributed by atoms with Gasteiger partial charge in [-0.05, 0) is 49.6 Å². The molecule has 2 N–H and O–H groups in total. The smallest absolute Gasteiger partial charge is 0.335 e. The van der Waals surface area contributed by atoms with Crippen molar-refractivity contribution in [3.8, 4) is 5.75 Å². The Morgan fingerprint density at radius 1 is 1.09 bits per heavy atom. The first-order chi connectivity index (χ1) is 11.0. The van der Waals surface area contributed by atoms with Crippen molar-refractivity contribution in [3.05, 3.63) is 62.5 Å². The predicted molar refractivity (Wildman–Crippen MR) is 92.6 cm³/mol. The highest BCUT2D eigenvalue weighted by Gasteiger charge is 2.14. The molecule has 2 aromatic rings. The minimum Gasteiger partial charge on any atom is -0.481 e. The lowest BCUT2D eigenvalue weighted by Gasteiger charge is -2.11. The lowest BCUT2D eigenvalue weighted by atomic mass is 10.2. The van der Waals surface area contributed by atoms with E-state index < -0.39 is 5.97 Å². The molecule has 0 aliphatic carbocycles. The molecule has 7 heteroatoms. The number of rotatable bonds is 6. The zero-order valence-corrected chi connectivity index (χ0v) is 15.1. The number of carboxylic acids is 1. The number of hydrogen-bond donors (Lipinski definition) is 2. The normalized spacial score (nSPS) is 10.2. The van der Waals surface area contributed by atoms with E-state index >= 15 is 0 Å². The predicted octanol–water partition coefficient (Wildman–Crippen LogP) is 3.61. The summed E-state index contributed by atoms with van der Waals surface area (Å²) < 4.78 is 6.37. The Morgan fingerprint density at radius 2 is 1.70 bits per heavy atom. The third-order valence-corrected chi connectivity index (χ3v) is 4.10. The SMILES string of the molecule is O=C(COc1c(Br)cc(C(=O)O)cc1Br)NCc1ccccc1. The molecule has 23 heavy (non-hydrogen) atoms. The lowest BCUT2D eigenvalue weighted by Crippen LogP contribution is -2.28. The first-order valence-corrected chi connectivity index (χ1v) is 8.21. The molecule has 0 saturated carbocycles. The topological polar surface area (TPSA) is 75.6 Å². The quantitative estimate of drug-likeness (QED) is 0.716. The van der Waals surface area contributed by atoms with E-state index in [1.807, 2.05) is 30.3 Å². The number of halogens is 2. The van der Waals surface area contributed by atoms with Crippen molar-refractivity contribution >= 4 is 43.7 Å². The van der Waals surface area contributed by atoms with Crippen LogP contribution in [-0.4, -0.2) is 23.6 Å². The molecule has 0 atom stereocenters. The maximum atomic E-state index is 11.8. The minimum atomic E-state index is -1.04. The molecule has 0 bridgehead atoms. The fraction of sp³-hybridized carbons (Fsp3) is 0.125. The second kappa shape index (κ2) is 8.12. The van der Waals surface area contributed by atoms with Gasteiger partial charge < -0.3 is 15.2 Å². The average molecular weight is 443 g/mol. The molecule has 0 aromatic heterocycles. The van der Waals surface area contributed by atoms with Gasteiger partial charge in [0.05, 0.1) is 14.5 Å². The summed E-state index contributed by atoms with van der Waals surface area (Å²) in [7, 11) is 0. The van der Waals surface area contributed by atoms with Gasteiger partial charge in [-0.2, -0.15) is 0 Å². The largest absolute Gasteiger partial charge is 0.481 e. The molecule has 0 heterocycles. The molecule has 0 aliphatic rings. The zero-order valence-electron chi connectivity index (χ0n) is 11.9. The summed E-state index contributed by atoms with van der Waals surface area (Å²) in [5.41, 5.74) is 1.11. The van der Waals surface area contributed by atoms with E-state index in [1.54, 1.807) is 0 Å². The number of carbonyl (C=O) groups excluding carboxylic acids is 1. The van der Waals surface area contributed by atoms with Crippen molar-refractivity contribution < 1.29 is 19.4 Å². The fourth-order valence-corrected chi connectivity index (χ4v) is 3.22. The van der Waals surface area contributed by atoms with E-state index in [0.717, 1.165) is 5.56 Å². The molecule has 0 radical (unpaired) electrons. The summed E-state index contributed by atoms with van der Waals surface area (Å²) in [6.45, 7) is 0.250. The Balaban J connectivity index is 1.93. The van der Waals surface area contributed by atoms with Crippen LogP contribution in [0.1, 0.15) is 15.9 Å². The van der Waals surface area contributed by atoms with Crippen molar-refractivity contribution in [2.45, 2.75) is 6.54 Å². The van der Waals surface area contributed by atoms with Crippen molar-refractivity contribution in [2.75, 3.05) is 6.61 Å². The van der Waals surface area contributed by atoms with E-state index in [0.29, 0.717) is 21.2 Å². The maximum Gasteiger partial charge on any atom is 0.335 e. The second-order valence-electron chi connectivity index (χ2n) is 4.63. The number of carboxylic acid groups (broad SMARTS) is 1. The number of hydrogen-bond acceptors (Lipinski definition) is 3. The van der Waals surface area contributed by atoms with Gasteiger partial charge in [0, 0.05) is 6.54 Å². The first kappa shape index (κ1) is 17.5. The first-order valence-electron chi connectivity index (χ1n) is 6.63. The summed E-state index contributed by atoms with van der Waals surface area (Å²) in [6, 6.07) is 12.4. The number of carbonyl (C=O) groups is 2. The summed E-state index contributed by atoms with van der Waals surface area (Å²) in [4.78, 5) is 22.8. The van der Waals surface area contributed by atoms with Crippen molar-refractivity contribution in [1.29, 1.82) is 0 Å². The van der Waals surface area contributed by atoms with Gasteiger partial charge >= 0.3 is 5.97 Å². The Morgan fingerprint density at radius 3 is 2.26 bits per heavy atom. The van der Waals surface area contributed by atoms with Crippen molar-refractivity contribution in [1.82, 2.24) is 5.32 Å². The van der Waals surface area contributed by atoms with Crippen LogP contribution in [-0.2, 0) is 11.3 Å². The van der Waals surface area contributed by atoms with Crippen LogP contribution in [0.2, 0.25) is 0 Å². The molecule has 0 fully saturated rings. The molecule has 5 nitrogen and oxygen atoms in total. The van der Waals surface area contributed by atoms with Crippen LogP contribution >= 0.6 is 31.9 Å². The summed E-state index contributed by atoms with van der Waals surface area (Å²) in [5.74, 6) is -0.932. The van der Waals surface area contributed by atoms with Gasteiger partial charge in [-0.25, -0.2) is 4.79 Å². The molecule has 120 valence electrons. The molecule has 2 aromatic carbocycles. The lowest BCUT2D eigenvalue weighted by molar-refractivity contribution is -0.123. The van der Waals surface area contributed by atoms with Crippen molar-refractivity contribution in [3.63, 3.8) is 0 Å². The van der Waals surface area contributed by atoms with Gasteiger partial charge in [0.15, 0.2) is 6.61 Å². The van der Waals surface area contributed by atoms with Gasteiger partial charge in [-0.3, -0.25) is 4.79 Å². The summed E-state index contributed by atoms with van der Waals surface area (Å²) in [6.07, 6.45) is 0. The third kappa shape index (κ3) is 5.07. The standard InChI is InChI=1S/C16H13Br2NO4/c17-12-6-11(16(21)22)7-13(18)15(12)23-9-14(20)19-8-10-4-2-1-3-5-10/h1-7H,8-9H2,(H,19,20)(H,21,22). The molecular formula is C16H13Br2NO4. The number of amides is 1. The third-order valence-electron chi connectivity index (χ3n) is 2.93. The maximum absolute atomic E-state index is 11.8. The van der Waals surface area contributed by atoms with Crippen LogP contribution in [0.5, 0.6) is 5.75 Å². The van der Waals surface area contributed by atoms with E-state index in [9.17, 15) is 9.59 Å². The molecule has 0 unspecified atom stereocenters. The number of ether oxygens (including phenoxy) is 1. The average Bonchev–Trinajstić information content (AvgIpc) is 2.52. The van der Waals surface area contributed by atoms with Crippen LogP contribution < -0.4 is 10.1 Å². The molecule has 0 spiro atoms. The van der Waals surface area contributed by atoms with E-state index in [2.05, 4.69) is 37.2 Å². The van der Waals surface area contributed by atoms with E-state index in [1.165, 1.54) is 12.1 Å². The van der Waals surface area contributed by atoms with Crippen LogP contribution in [0.4, 0.5) is 0 Å². The zero-order chi connectivity index (χ0) is 16.8. The van der Waals surface area contributed by atoms with Gasteiger partial charge in [-0.15, -0.1) is 0 Å². The van der Waals surface area contributed by atoms with Crippen LogP contribution in [0.15, 0.2) is 51.4 Å². The van der Waals surface area contributed by atoms with E-state index in [-0.39, 0.29) is 18.1 Å². The van der Waals surface area contributed by atoms with Gasteiger partial charge in [-0.1, -0.05) is 30.3 Å². The Labute approximate surface area is 149 Å². The van der Waals surface area contributed by atoms with Gasteiger partial charge in [0.2, 0.25) is 0 Å². The van der Waals surface area contributed by atoms with E-state index in [4.69, 9.17) is 9.84 Å². The highest BCUT2D eigenvalue weighted by Crippen LogP contribution is 2.34. The number of nitrogens with one attached hydrogen (secondary N) is 1. The molecular weight excluding hydrogens is 430 g/mol. The number of benzene rings is 2. The Hall–Kier alpha value is -1.86. The highest BCUT2D eigenvalue weighted by atomic mass is 79.9. The van der Waals surface area contributed by atoms with Crippen LogP contribution in [0.25, 0.3) is 0 Å². The Bertz CT molecular complexity index is 696. The monoisotopic (exact) mass is 441 g/mol. The van der Waals surface area contributed by atoms with Crippen LogP contribution in [0.3, 0.4) is 0 Å². The van der Waals surface area contributed by atoms with Gasteiger partial charge in [0.1, 0.15) is 5.75 Å². The van der Waals surface area contributed by atoms with Crippen LogP contribution in [0, 0.1) is 0 Å².